The van der Waals surface area contributed by atoms with Gasteiger partial charge in [-0.05, 0) is 25.0 Å². The summed E-state index contributed by atoms with van der Waals surface area (Å²) in [4.78, 5) is 4.91. The average Bonchev–Trinajstić information content (AvgIpc) is 3.33. The van der Waals surface area contributed by atoms with Gasteiger partial charge in [0.15, 0.2) is 0 Å². The second-order valence-corrected chi connectivity index (χ2v) is 7.91. The van der Waals surface area contributed by atoms with Crippen LogP contribution in [-0.2, 0) is 18.6 Å². The number of nitrogens with zero attached hydrogens (tertiary/aromatic N) is 4. The molecule has 0 aliphatic rings. The van der Waals surface area contributed by atoms with Crippen molar-refractivity contribution in [1.82, 2.24) is 14.8 Å². The van der Waals surface area contributed by atoms with Crippen LogP contribution < -0.4 is 5.32 Å². The molecule has 0 saturated carbocycles. The van der Waals surface area contributed by atoms with E-state index in [0.29, 0.717) is 10.6 Å². The van der Waals surface area contributed by atoms with Crippen LogP contribution in [0.5, 0.6) is 0 Å². The van der Waals surface area contributed by atoms with Gasteiger partial charge in [-0.1, -0.05) is 19.4 Å². The lowest BCUT2D eigenvalue weighted by Crippen LogP contribution is -2.39. The molecule has 2 heterocycles. The first-order chi connectivity index (χ1) is 13.9. The second-order valence-electron chi connectivity index (χ2n) is 6.77. The molecule has 9 heteroatoms. The van der Waals surface area contributed by atoms with E-state index < -0.39 is 17.2 Å². The van der Waals surface area contributed by atoms with Crippen LogP contribution in [-0.4, -0.2) is 26.4 Å². The van der Waals surface area contributed by atoms with Gasteiger partial charge in [0, 0.05) is 16.5 Å². The topological polar surface area (TPSA) is 86.8 Å². The number of hydrogen-bond donors (Lipinski definition) is 2. The van der Waals surface area contributed by atoms with Crippen LogP contribution in [0.1, 0.15) is 35.8 Å². The Morgan fingerprint density at radius 3 is 2.83 bits per heavy atom. The third-order valence-electron chi connectivity index (χ3n) is 4.54. The van der Waals surface area contributed by atoms with Crippen LogP contribution >= 0.6 is 11.3 Å². The van der Waals surface area contributed by atoms with Gasteiger partial charge in [0.25, 0.3) is 0 Å². The molecule has 0 aliphatic heterocycles. The van der Waals surface area contributed by atoms with E-state index in [4.69, 9.17) is 0 Å². The number of nitriles is 1. The molecule has 152 valence electrons. The second kappa shape index (κ2) is 9.11. The van der Waals surface area contributed by atoms with Gasteiger partial charge in [-0.25, -0.2) is 18.4 Å². The van der Waals surface area contributed by atoms with Gasteiger partial charge in [0.1, 0.15) is 41.0 Å². The monoisotopic (exact) mass is 417 g/mol. The molecule has 6 nitrogen and oxygen atoms in total. The zero-order valence-electron chi connectivity index (χ0n) is 15.9. The first-order valence-corrected chi connectivity index (χ1v) is 10.0. The van der Waals surface area contributed by atoms with Crippen molar-refractivity contribution in [3.05, 3.63) is 64.6 Å². The Kier molecular flexibility index (Phi) is 6.56. The summed E-state index contributed by atoms with van der Waals surface area (Å²) in [5.74, 6) is -1.59. The van der Waals surface area contributed by atoms with Crippen molar-refractivity contribution in [2.24, 2.45) is 0 Å². The highest BCUT2D eigenvalue weighted by Crippen LogP contribution is 2.32. The normalized spacial score (nSPS) is 13.1. The smallest absolute Gasteiger partial charge is 0.137 e. The van der Waals surface area contributed by atoms with Gasteiger partial charge in [0.2, 0.25) is 0 Å². The fraction of sp³-hybridized carbons (Fsp3) is 0.350. The Morgan fingerprint density at radius 1 is 1.34 bits per heavy atom. The van der Waals surface area contributed by atoms with Gasteiger partial charge in [-0.2, -0.15) is 10.4 Å². The van der Waals surface area contributed by atoms with Crippen molar-refractivity contribution >= 4 is 16.3 Å². The highest BCUT2D eigenvalue weighted by molar-refractivity contribution is 7.16. The fourth-order valence-corrected chi connectivity index (χ4v) is 4.09. The van der Waals surface area contributed by atoms with Crippen LogP contribution in [0.3, 0.4) is 0 Å². The molecule has 0 bridgehead atoms. The quantitative estimate of drug-likeness (QED) is 0.553. The lowest BCUT2D eigenvalue weighted by molar-refractivity contribution is 0.0248. The standard InChI is InChI=1S/C20H21F2N5OS/c1-2-3-4-16-7-14(9-23)19(29-16)25-10-20(28,11-27-13-24-12-26-27)17-6-5-15(21)8-18(17)22/h5-8,12-13,25,28H,2-4,10-11H2,1H3/t20-/m1/s1. The minimum atomic E-state index is -1.74. The molecule has 2 N–H and O–H groups in total. The molecule has 0 amide bonds. The molecule has 0 radical (unpaired) electrons. The summed E-state index contributed by atoms with van der Waals surface area (Å²) in [6.07, 6.45) is 5.64. The molecule has 0 saturated heterocycles. The summed E-state index contributed by atoms with van der Waals surface area (Å²) < 4.78 is 29.2. The molecule has 0 spiro atoms. The van der Waals surface area contributed by atoms with Crippen LogP contribution in [0, 0.1) is 23.0 Å². The number of aromatic nitrogens is 3. The van der Waals surface area contributed by atoms with Crippen molar-refractivity contribution in [2.75, 3.05) is 11.9 Å². The van der Waals surface area contributed by atoms with Crippen LogP contribution in [0.15, 0.2) is 36.9 Å². The highest BCUT2D eigenvalue weighted by atomic mass is 32.1. The molecule has 0 fully saturated rings. The molecule has 3 aromatic rings. The Balaban J connectivity index is 1.88. The number of hydrogen-bond acceptors (Lipinski definition) is 6. The maximum Gasteiger partial charge on any atom is 0.137 e. The van der Waals surface area contributed by atoms with Gasteiger partial charge in [0.05, 0.1) is 18.7 Å². The van der Waals surface area contributed by atoms with E-state index in [9.17, 15) is 19.1 Å². The number of anilines is 1. The van der Waals surface area contributed by atoms with Crippen LogP contribution in [0.2, 0.25) is 0 Å². The van der Waals surface area contributed by atoms with Crippen LogP contribution in [0.4, 0.5) is 13.8 Å². The lowest BCUT2D eigenvalue weighted by Gasteiger charge is -2.29. The summed E-state index contributed by atoms with van der Waals surface area (Å²) in [5, 5.41) is 28.4. The number of rotatable bonds is 9. The largest absolute Gasteiger partial charge is 0.381 e. The van der Waals surface area contributed by atoms with Crippen molar-refractivity contribution in [2.45, 2.75) is 38.3 Å². The zero-order valence-corrected chi connectivity index (χ0v) is 16.7. The Labute approximate surface area is 171 Å². The third-order valence-corrected chi connectivity index (χ3v) is 5.70. The van der Waals surface area contributed by atoms with Gasteiger partial charge < -0.3 is 10.4 Å². The minimum absolute atomic E-state index is 0.0665. The first-order valence-electron chi connectivity index (χ1n) is 9.22. The fourth-order valence-electron chi connectivity index (χ4n) is 3.04. The predicted molar refractivity (Wildman–Crippen MR) is 106 cm³/mol. The average molecular weight is 417 g/mol. The van der Waals surface area contributed by atoms with E-state index in [1.54, 1.807) is 0 Å². The summed E-state index contributed by atoms with van der Waals surface area (Å²) in [6.45, 7) is 1.90. The maximum atomic E-state index is 14.5. The van der Waals surface area contributed by atoms with Crippen molar-refractivity contribution < 1.29 is 13.9 Å². The summed E-state index contributed by atoms with van der Waals surface area (Å²) >= 11 is 1.44. The van der Waals surface area contributed by atoms with E-state index in [1.807, 2.05) is 6.07 Å². The Bertz CT molecular complexity index is 999. The van der Waals surface area contributed by atoms with E-state index in [2.05, 4.69) is 28.4 Å². The van der Waals surface area contributed by atoms with E-state index >= 15 is 0 Å². The predicted octanol–water partition coefficient (Wildman–Crippen LogP) is 3.83. The maximum absolute atomic E-state index is 14.5. The summed E-state index contributed by atoms with van der Waals surface area (Å²) in [5.41, 5.74) is -1.34. The molecule has 0 unspecified atom stereocenters. The van der Waals surface area contributed by atoms with Crippen molar-refractivity contribution in [3.63, 3.8) is 0 Å². The van der Waals surface area contributed by atoms with Crippen molar-refractivity contribution in [3.8, 4) is 6.07 Å². The molecule has 3 rings (SSSR count). The number of thiophene rings is 1. The molecule has 1 atom stereocenters. The number of unbranched alkanes of at least 4 members (excludes halogenated alkanes) is 1. The SMILES string of the molecule is CCCCc1cc(C#N)c(NC[C@@](O)(Cn2cncn2)c2ccc(F)cc2F)s1. The van der Waals surface area contributed by atoms with E-state index in [0.717, 1.165) is 36.3 Å². The molecule has 1 aromatic carbocycles. The van der Waals surface area contributed by atoms with Gasteiger partial charge >= 0.3 is 0 Å². The number of aliphatic hydroxyl groups is 1. The van der Waals surface area contributed by atoms with Crippen molar-refractivity contribution in [1.29, 1.82) is 5.26 Å². The van der Waals surface area contributed by atoms with Crippen LogP contribution in [0.25, 0.3) is 0 Å². The number of benzene rings is 1. The molecule has 0 aliphatic carbocycles. The summed E-state index contributed by atoms with van der Waals surface area (Å²) in [7, 11) is 0. The van der Waals surface area contributed by atoms with E-state index in [1.165, 1.54) is 34.7 Å². The minimum Gasteiger partial charge on any atom is -0.381 e. The molecule has 2 aromatic heterocycles. The number of aryl methyl sites for hydroxylation is 1. The number of nitrogens with one attached hydrogen (secondary N) is 1. The Morgan fingerprint density at radius 2 is 2.17 bits per heavy atom. The highest BCUT2D eigenvalue weighted by Gasteiger charge is 2.34. The first kappa shape index (κ1) is 20.9. The van der Waals surface area contributed by atoms with Gasteiger partial charge in [-0.3, -0.25) is 0 Å². The zero-order chi connectivity index (χ0) is 20.9. The lowest BCUT2D eigenvalue weighted by atomic mass is 9.93. The van der Waals surface area contributed by atoms with E-state index in [-0.39, 0.29) is 18.7 Å². The summed E-state index contributed by atoms with van der Waals surface area (Å²) in [6, 6.07) is 7.03. The third kappa shape index (κ3) is 4.96. The Hall–Kier alpha value is -2.83. The van der Waals surface area contributed by atoms with Gasteiger partial charge in [-0.15, -0.1) is 11.3 Å². The molecular formula is C20H21F2N5OS. The number of halogens is 2. The molecular weight excluding hydrogens is 396 g/mol. The molecule has 29 heavy (non-hydrogen) atoms.